The van der Waals surface area contributed by atoms with E-state index < -0.39 is 0 Å². The van der Waals surface area contributed by atoms with E-state index in [2.05, 4.69) is 48.5 Å². The highest BCUT2D eigenvalue weighted by atomic mass is 16.5. The van der Waals surface area contributed by atoms with Crippen LogP contribution in [0, 0.1) is 0 Å². The molecule has 0 saturated heterocycles. The Bertz CT molecular complexity index is 448. The molecule has 2 nitrogen and oxygen atoms in total. The van der Waals surface area contributed by atoms with Crippen LogP contribution in [0.4, 0.5) is 0 Å². The third kappa shape index (κ3) is 8.53. The first-order chi connectivity index (χ1) is 11.4. The van der Waals surface area contributed by atoms with E-state index in [1.54, 1.807) is 0 Å². The van der Waals surface area contributed by atoms with E-state index in [4.69, 9.17) is 9.47 Å². The first-order valence-electron chi connectivity index (χ1n) is 8.68. The summed E-state index contributed by atoms with van der Waals surface area (Å²) in [4.78, 5) is 0. The number of rotatable bonds is 12. The molecule has 2 aromatic rings. The third-order valence-corrected chi connectivity index (χ3v) is 3.83. The number of benzene rings is 2. The second-order valence-corrected chi connectivity index (χ2v) is 5.76. The molecular formula is C21H28O2. The highest BCUT2D eigenvalue weighted by molar-refractivity contribution is 5.15. The van der Waals surface area contributed by atoms with E-state index in [9.17, 15) is 0 Å². The predicted octanol–water partition coefficient (Wildman–Crippen LogP) is 4.68. The largest absolute Gasteiger partial charge is 0.381 e. The van der Waals surface area contributed by atoms with Gasteiger partial charge in [-0.05, 0) is 43.2 Å². The van der Waals surface area contributed by atoms with Crippen LogP contribution < -0.4 is 0 Å². The summed E-state index contributed by atoms with van der Waals surface area (Å²) in [6.07, 6.45) is 5.43. The van der Waals surface area contributed by atoms with Crippen LogP contribution in [0.15, 0.2) is 60.7 Å². The van der Waals surface area contributed by atoms with Gasteiger partial charge in [0.05, 0.1) is 13.2 Å². The lowest BCUT2D eigenvalue weighted by molar-refractivity contribution is 0.117. The summed E-state index contributed by atoms with van der Waals surface area (Å²) in [6, 6.07) is 21.0. The Morgan fingerprint density at radius 2 is 0.913 bits per heavy atom. The lowest BCUT2D eigenvalue weighted by atomic mass is 10.2. The monoisotopic (exact) mass is 312 g/mol. The molecule has 0 unspecified atom stereocenters. The van der Waals surface area contributed by atoms with Crippen molar-refractivity contribution in [1.29, 1.82) is 0 Å². The summed E-state index contributed by atoms with van der Waals surface area (Å²) in [7, 11) is 0. The van der Waals surface area contributed by atoms with Gasteiger partial charge in [0, 0.05) is 13.2 Å². The minimum Gasteiger partial charge on any atom is -0.381 e. The van der Waals surface area contributed by atoms with Crippen molar-refractivity contribution in [3.63, 3.8) is 0 Å². The van der Waals surface area contributed by atoms with Crippen LogP contribution in [-0.4, -0.2) is 26.4 Å². The second kappa shape index (κ2) is 11.9. The van der Waals surface area contributed by atoms with Crippen molar-refractivity contribution in [2.75, 3.05) is 26.4 Å². The van der Waals surface area contributed by atoms with Crippen molar-refractivity contribution >= 4 is 0 Å². The molecule has 0 bridgehead atoms. The first-order valence-corrected chi connectivity index (χ1v) is 8.68. The van der Waals surface area contributed by atoms with E-state index in [0.29, 0.717) is 0 Å². The molecule has 0 spiro atoms. The molecule has 0 aromatic heterocycles. The minimum atomic E-state index is 0.817. The SMILES string of the molecule is c1ccc(CCOCCCCCOCCc2ccccc2)cc1. The zero-order valence-electron chi connectivity index (χ0n) is 14.0. The normalized spacial score (nSPS) is 10.8. The van der Waals surface area contributed by atoms with Gasteiger partial charge in [0.2, 0.25) is 0 Å². The van der Waals surface area contributed by atoms with Gasteiger partial charge in [0.25, 0.3) is 0 Å². The average Bonchev–Trinajstić information content (AvgIpc) is 2.61. The highest BCUT2D eigenvalue weighted by Gasteiger charge is 1.95. The van der Waals surface area contributed by atoms with Crippen LogP contribution in [0.5, 0.6) is 0 Å². The molecule has 124 valence electrons. The predicted molar refractivity (Wildman–Crippen MR) is 95.8 cm³/mol. The summed E-state index contributed by atoms with van der Waals surface area (Å²) >= 11 is 0. The van der Waals surface area contributed by atoms with Crippen molar-refractivity contribution in [2.24, 2.45) is 0 Å². The van der Waals surface area contributed by atoms with Crippen molar-refractivity contribution < 1.29 is 9.47 Å². The molecule has 0 heterocycles. The van der Waals surface area contributed by atoms with Crippen LogP contribution in [0.2, 0.25) is 0 Å². The van der Waals surface area contributed by atoms with Crippen molar-refractivity contribution in [2.45, 2.75) is 32.1 Å². The van der Waals surface area contributed by atoms with Gasteiger partial charge in [-0.1, -0.05) is 60.7 Å². The third-order valence-electron chi connectivity index (χ3n) is 3.83. The molecular weight excluding hydrogens is 284 g/mol. The molecule has 23 heavy (non-hydrogen) atoms. The van der Waals surface area contributed by atoms with E-state index in [1.807, 2.05) is 12.1 Å². The lowest BCUT2D eigenvalue weighted by Gasteiger charge is -2.06. The van der Waals surface area contributed by atoms with Crippen LogP contribution in [-0.2, 0) is 22.3 Å². The Morgan fingerprint density at radius 1 is 0.478 bits per heavy atom. The van der Waals surface area contributed by atoms with Gasteiger partial charge in [0.1, 0.15) is 0 Å². The van der Waals surface area contributed by atoms with Gasteiger partial charge in [-0.2, -0.15) is 0 Å². The van der Waals surface area contributed by atoms with Crippen molar-refractivity contribution in [3.05, 3.63) is 71.8 Å². The topological polar surface area (TPSA) is 18.5 Å². The van der Waals surface area contributed by atoms with Gasteiger partial charge in [-0.3, -0.25) is 0 Å². The Labute approximate surface area is 140 Å². The van der Waals surface area contributed by atoms with Gasteiger partial charge >= 0.3 is 0 Å². The van der Waals surface area contributed by atoms with Crippen LogP contribution in [0.1, 0.15) is 30.4 Å². The average molecular weight is 312 g/mol. The second-order valence-electron chi connectivity index (χ2n) is 5.76. The standard InChI is InChI=1S/C21H28O2/c1-4-10-20(11-5-1)14-18-22-16-8-3-9-17-23-19-15-21-12-6-2-7-13-21/h1-2,4-7,10-13H,3,8-9,14-19H2. The summed E-state index contributed by atoms with van der Waals surface area (Å²) in [5.41, 5.74) is 2.69. The maximum Gasteiger partial charge on any atom is 0.0506 e. The molecule has 2 rings (SSSR count). The summed E-state index contributed by atoms with van der Waals surface area (Å²) in [5.74, 6) is 0. The van der Waals surface area contributed by atoms with E-state index in [1.165, 1.54) is 17.5 Å². The Hall–Kier alpha value is -1.64. The molecule has 0 aliphatic heterocycles. The number of hydrogen-bond acceptors (Lipinski definition) is 2. The zero-order chi connectivity index (χ0) is 16.0. The minimum absolute atomic E-state index is 0.817. The van der Waals surface area contributed by atoms with Crippen molar-refractivity contribution in [3.8, 4) is 0 Å². The van der Waals surface area contributed by atoms with E-state index >= 15 is 0 Å². The van der Waals surface area contributed by atoms with Gasteiger partial charge in [0.15, 0.2) is 0 Å². The Kier molecular flexibility index (Phi) is 9.14. The van der Waals surface area contributed by atoms with Crippen LogP contribution >= 0.6 is 0 Å². The maximum atomic E-state index is 5.68. The molecule has 0 saturated carbocycles. The maximum absolute atomic E-state index is 5.68. The number of ether oxygens (including phenoxy) is 2. The van der Waals surface area contributed by atoms with Gasteiger partial charge < -0.3 is 9.47 Å². The van der Waals surface area contributed by atoms with Gasteiger partial charge in [-0.15, -0.1) is 0 Å². The zero-order valence-corrected chi connectivity index (χ0v) is 14.0. The smallest absolute Gasteiger partial charge is 0.0506 e. The molecule has 0 N–H and O–H groups in total. The van der Waals surface area contributed by atoms with Crippen LogP contribution in [0.25, 0.3) is 0 Å². The summed E-state index contributed by atoms with van der Waals surface area (Å²) in [6.45, 7) is 3.35. The molecule has 0 atom stereocenters. The van der Waals surface area contributed by atoms with Gasteiger partial charge in [-0.25, -0.2) is 0 Å². The molecule has 0 fully saturated rings. The van der Waals surface area contributed by atoms with E-state index in [-0.39, 0.29) is 0 Å². The fourth-order valence-electron chi connectivity index (χ4n) is 2.46. The molecule has 0 amide bonds. The first kappa shape index (κ1) is 17.7. The number of hydrogen-bond donors (Lipinski definition) is 0. The summed E-state index contributed by atoms with van der Waals surface area (Å²) < 4.78 is 11.4. The van der Waals surface area contributed by atoms with Crippen LogP contribution in [0.3, 0.4) is 0 Å². The quantitative estimate of drug-likeness (QED) is 0.530. The van der Waals surface area contributed by atoms with E-state index in [0.717, 1.165) is 52.1 Å². The molecule has 2 aromatic carbocycles. The molecule has 2 heteroatoms. The van der Waals surface area contributed by atoms with Crippen molar-refractivity contribution in [1.82, 2.24) is 0 Å². The fraction of sp³-hybridized carbons (Fsp3) is 0.429. The Balaban J connectivity index is 1.34. The number of unbranched alkanes of at least 4 members (excludes halogenated alkanes) is 2. The summed E-state index contributed by atoms with van der Waals surface area (Å²) in [5, 5.41) is 0. The fourth-order valence-corrected chi connectivity index (χ4v) is 2.46. The Morgan fingerprint density at radius 3 is 1.35 bits per heavy atom. The molecule has 0 radical (unpaired) electrons. The molecule has 0 aliphatic carbocycles. The highest BCUT2D eigenvalue weighted by Crippen LogP contribution is 2.02. The lowest BCUT2D eigenvalue weighted by Crippen LogP contribution is -2.02. The molecule has 0 aliphatic rings.